The lowest BCUT2D eigenvalue weighted by atomic mass is 10.1. The van der Waals surface area contributed by atoms with Crippen molar-refractivity contribution in [3.8, 4) is 0 Å². The first-order valence-corrected chi connectivity index (χ1v) is 6.89. The maximum absolute atomic E-state index is 12.5. The van der Waals surface area contributed by atoms with Gasteiger partial charge in [-0.2, -0.15) is 0 Å². The summed E-state index contributed by atoms with van der Waals surface area (Å²) in [5, 5.41) is 3.48. The molecule has 2 fully saturated rings. The van der Waals surface area contributed by atoms with Crippen LogP contribution in [0.15, 0.2) is 24.3 Å². The summed E-state index contributed by atoms with van der Waals surface area (Å²) in [5.74, 6) is 0.265. The smallest absolute Gasteiger partial charge is 0.249 e. The molecule has 3 rings (SSSR count). The van der Waals surface area contributed by atoms with Crippen LogP contribution in [0.25, 0.3) is 0 Å². The summed E-state index contributed by atoms with van der Waals surface area (Å²) in [6, 6.07) is 6.80. The molecule has 1 heterocycles. The van der Waals surface area contributed by atoms with Gasteiger partial charge in [0.1, 0.15) is 6.04 Å². The van der Waals surface area contributed by atoms with Gasteiger partial charge in [0.25, 0.3) is 0 Å². The summed E-state index contributed by atoms with van der Waals surface area (Å²) in [6.07, 6.45) is 2.38. The van der Waals surface area contributed by atoms with E-state index < -0.39 is 0 Å². The molecule has 2 amide bonds. The van der Waals surface area contributed by atoms with E-state index in [-0.39, 0.29) is 17.9 Å². The maximum Gasteiger partial charge on any atom is 0.249 e. The second-order valence-electron chi connectivity index (χ2n) is 5.10. The quantitative estimate of drug-likeness (QED) is 0.899. The van der Waals surface area contributed by atoms with Gasteiger partial charge in [0.2, 0.25) is 11.8 Å². The largest absolute Gasteiger partial charge is 0.344 e. The molecule has 4 nitrogen and oxygen atoms in total. The topological polar surface area (TPSA) is 49.4 Å². The Morgan fingerprint density at radius 2 is 1.84 bits per heavy atom. The van der Waals surface area contributed by atoms with Crippen molar-refractivity contribution in [3.63, 3.8) is 0 Å². The summed E-state index contributed by atoms with van der Waals surface area (Å²) in [5.41, 5.74) is 0.802. The number of nitrogens with one attached hydrogen (secondary N) is 1. The normalized spacial score (nSPS) is 24.1. The zero-order valence-corrected chi connectivity index (χ0v) is 11.2. The van der Waals surface area contributed by atoms with E-state index in [1.807, 2.05) is 12.1 Å². The van der Waals surface area contributed by atoms with Crippen LogP contribution in [0.5, 0.6) is 0 Å². The molecule has 5 heteroatoms. The van der Waals surface area contributed by atoms with E-state index in [9.17, 15) is 9.59 Å². The molecule has 1 atom stereocenters. The van der Waals surface area contributed by atoms with Crippen molar-refractivity contribution in [3.05, 3.63) is 29.3 Å². The van der Waals surface area contributed by atoms with E-state index in [4.69, 9.17) is 11.6 Å². The molecule has 0 radical (unpaired) electrons. The number of amides is 2. The number of hydrogen-bond acceptors (Lipinski definition) is 2. The van der Waals surface area contributed by atoms with Crippen molar-refractivity contribution in [2.75, 3.05) is 11.4 Å². The standard InChI is InChI=1S/C14H15ClN2O2/c15-10-3-5-11(6-4-10)17-8-7-12(18)16-13(14(17)19)9-1-2-9/h3-6,9,13H,1-2,7-8H2,(H,16,18). The molecular formula is C14H15ClN2O2. The van der Waals surface area contributed by atoms with E-state index in [1.165, 1.54) is 0 Å². The van der Waals surface area contributed by atoms with Crippen LogP contribution in [-0.2, 0) is 9.59 Å². The molecule has 2 aliphatic rings. The molecule has 19 heavy (non-hydrogen) atoms. The molecule has 1 saturated carbocycles. The molecular weight excluding hydrogens is 264 g/mol. The first-order chi connectivity index (χ1) is 9.15. The van der Waals surface area contributed by atoms with E-state index in [1.54, 1.807) is 17.0 Å². The van der Waals surface area contributed by atoms with Gasteiger partial charge in [-0.25, -0.2) is 0 Å². The van der Waals surface area contributed by atoms with Gasteiger partial charge in [-0.05, 0) is 43.0 Å². The van der Waals surface area contributed by atoms with Crippen molar-refractivity contribution in [2.24, 2.45) is 5.92 Å². The lowest BCUT2D eigenvalue weighted by molar-refractivity contribution is -0.126. The fraction of sp³-hybridized carbons (Fsp3) is 0.429. The van der Waals surface area contributed by atoms with Crippen molar-refractivity contribution >= 4 is 29.1 Å². The Balaban J connectivity index is 1.88. The molecule has 1 N–H and O–H groups in total. The highest BCUT2D eigenvalue weighted by Gasteiger charge is 2.41. The Bertz CT molecular complexity index is 511. The molecule has 1 saturated heterocycles. The predicted molar refractivity (Wildman–Crippen MR) is 73.1 cm³/mol. The van der Waals surface area contributed by atoms with Gasteiger partial charge in [0, 0.05) is 23.7 Å². The number of halogens is 1. The lowest BCUT2D eigenvalue weighted by Crippen LogP contribution is -2.46. The second-order valence-corrected chi connectivity index (χ2v) is 5.54. The Kier molecular flexibility index (Phi) is 3.19. The van der Waals surface area contributed by atoms with Crippen LogP contribution in [-0.4, -0.2) is 24.4 Å². The number of nitrogens with zero attached hydrogens (tertiary/aromatic N) is 1. The van der Waals surface area contributed by atoms with Crippen LogP contribution in [0.1, 0.15) is 19.3 Å². The minimum atomic E-state index is -0.356. The molecule has 1 aliphatic heterocycles. The third-order valence-corrected chi connectivity index (χ3v) is 3.89. The minimum Gasteiger partial charge on any atom is -0.344 e. The van der Waals surface area contributed by atoms with Crippen LogP contribution in [0, 0.1) is 5.92 Å². The van der Waals surface area contributed by atoms with E-state index >= 15 is 0 Å². The van der Waals surface area contributed by atoms with Crippen molar-refractivity contribution in [2.45, 2.75) is 25.3 Å². The monoisotopic (exact) mass is 278 g/mol. The van der Waals surface area contributed by atoms with Crippen LogP contribution in [0.4, 0.5) is 5.69 Å². The summed E-state index contributed by atoms with van der Waals surface area (Å²) < 4.78 is 0. The van der Waals surface area contributed by atoms with E-state index in [0.29, 0.717) is 23.9 Å². The summed E-state index contributed by atoms with van der Waals surface area (Å²) in [6.45, 7) is 0.426. The number of carbonyl (C=O) groups excluding carboxylic acids is 2. The predicted octanol–water partition coefficient (Wildman–Crippen LogP) is 1.97. The highest BCUT2D eigenvalue weighted by atomic mass is 35.5. The summed E-state index contributed by atoms with van der Waals surface area (Å²) in [7, 11) is 0. The molecule has 1 aliphatic carbocycles. The maximum atomic E-state index is 12.5. The molecule has 0 aromatic heterocycles. The molecule has 0 spiro atoms. The molecule has 1 aromatic rings. The van der Waals surface area contributed by atoms with Gasteiger partial charge in [-0.15, -0.1) is 0 Å². The van der Waals surface area contributed by atoms with Crippen LogP contribution < -0.4 is 10.2 Å². The highest BCUT2D eigenvalue weighted by Crippen LogP contribution is 2.35. The highest BCUT2D eigenvalue weighted by molar-refractivity contribution is 6.30. The number of benzene rings is 1. The van der Waals surface area contributed by atoms with Crippen LogP contribution >= 0.6 is 11.6 Å². The van der Waals surface area contributed by atoms with Gasteiger partial charge >= 0.3 is 0 Å². The second kappa shape index (κ2) is 4.85. The third kappa shape index (κ3) is 2.59. The fourth-order valence-corrected chi connectivity index (χ4v) is 2.55. The Morgan fingerprint density at radius 1 is 1.16 bits per heavy atom. The van der Waals surface area contributed by atoms with Gasteiger partial charge in [-0.1, -0.05) is 11.6 Å². The molecule has 0 bridgehead atoms. The Labute approximate surface area is 116 Å². The SMILES string of the molecule is O=C1CCN(c2ccc(Cl)cc2)C(=O)C(C2CC2)N1. The summed E-state index contributed by atoms with van der Waals surface area (Å²) >= 11 is 5.86. The van der Waals surface area contributed by atoms with Crippen LogP contribution in [0.3, 0.4) is 0 Å². The number of anilines is 1. The number of hydrogen-bond donors (Lipinski definition) is 1. The van der Waals surface area contributed by atoms with Gasteiger partial charge in [-0.3, -0.25) is 9.59 Å². The van der Waals surface area contributed by atoms with Gasteiger partial charge < -0.3 is 10.2 Å². The zero-order chi connectivity index (χ0) is 13.4. The molecule has 100 valence electrons. The first kappa shape index (κ1) is 12.5. The Morgan fingerprint density at radius 3 is 2.47 bits per heavy atom. The Hall–Kier alpha value is -1.55. The fourth-order valence-electron chi connectivity index (χ4n) is 2.43. The van der Waals surface area contributed by atoms with Crippen molar-refractivity contribution in [1.29, 1.82) is 0 Å². The number of carbonyl (C=O) groups is 2. The van der Waals surface area contributed by atoms with Gasteiger partial charge in [0.05, 0.1) is 0 Å². The zero-order valence-electron chi connectivity index (χ0n) is 10.4. The lowest BCUT2D eigenvalue weighted by Gasteiger charge is -2.24. The first-order valence-electron chi connectivity index (χ1n) is 6.51. The average Bonchev–Trinajstić information content (AvgIpc) is 3.21. The average molecular weight is 279 g/mol. The van der Waals surface area contributed by atoms with E-state index in [0.717, 1.165) is 18.5 Å². The minimum absolute atomic E-state index is 0.00401. The van der Waals surface area contributed by atoms with Crippen molar-refractivity contribution < 1.29 is 9.59 Å². The summed E-state index contributed by atoms with van der Waals surface area (Å²) in [4.78, 5) is 25.9. The molecule has 1 aromatic carbocycles. The van der Waals surface area contributed by atoms with E-state index in [2.05, 4.69) is 5.32 Å². The molecule has 1 unspecified atom stereocenters. The number of rotatable bonds is 2. The van der Waals surface area contributed by atoms with Gasteiger partial charge in [0.15, 0.2) is 0 Å². The van der Waals surface area contributed by atoms with Crippen molar-refractivity contribution in [1.82, 2.24) is 5.32 Å². The third-order valence-electron chi connectivity index (χ3n) is 3.64. The van der Waals surface area contributed by atoms with Crippen LogP contribution in [0.2, 0.25) is 5.02 Å².